The third-order valence-electron chi connectivity index (χ3n) is 7.82. The van der Waals surface area contributed by atoms with Gasteiger partial charge in [0.25, 0.3) is 5.91 Å². The maximum absolute atomic E-state index is 13.6. The number of fused-ring (bicyclic) bond motifs is 2. The van der Waals surface area contributed by atoms with Crippen LogP contribution in [-0.2, 0) is 16.1 Å². The number of ether oxygens (including phenoxy) is 2. The highest BCUT2D eigenvalue weighted by atomic mass is 16.5. The third-order valence-corrected chi connectivity index (χ3v) is 7.82. The van der Waals surface area contributed by atoms with E-state index in [2.05, 4.69) is 22.5 Å². The molecule has 0 radical (unpaired) electrons. The minimum Gasteiger partial charge on any atom is -0.493 e. The summed E-state index contributed by atoms with van der Waals surface area (Å²) in [6, 6.07) is 13.1. The van der Waals surface area contributed by atoms with Crippen LogP contribution in [0.4, 0.5) is 0 Å². The zero-order valence-corrected chi connectivity index (χ0v) is 20.7. The van der Waals surface area contributed by atoms with Crippen molar-refractivity contribution < 1.29 is 23.9 Å². The molecule has 3 fully saturated rings. The first kappa shape index (κ1) is 23.3. The largest absolute Gasteiger partial charge is 0.493 e. The fourth-order valence-corrected chi connectivity index (χ4v) is 5.76. The predicted molar refractivity (Wildman–Crippen MR) is 134 cm³/mol. The Morgan fingerprint density at radius 3 is 2.49 bits per heavy atom. The van der Waals surface area contributed by atoms with Crippen molar-refractivity contribution >= 4 is 28.6 Å². The van der Waals surface area contributed by atoms with Crippen LogP contribution < -0.4 is 20.5 Å². The van der Waals surface area contributed by atoms with Crippen LogP contribution in [0.25, 0.3) is 10.9 Å². The van der Waals surface area contributed by atoms with Crippen LogP contribution in [0.15, 0.2) is 42.5 Å². The number of carbonyl (C=O) groups is 3. The van der Waals surface area contributed by atoms with Gasteiger partial charge < -0.3 is 25.4 Å². The average molecular weight is 504 g/mol. The lowest BCUT2D eigenvalue weighted by atomic mass is 10.1. The molecule has 3 aromatic rings. The molecule has 0 unspecified atom stereocenters. The summed E-state index contributed by atoms with van der Waals surface area (Å²) in [4.78, 5) is 40.6. The normalized spacial score (nSPS) is 25.5. The Balaban J connectivity index is 1.21. The van der Waals surface area contributed by atoms with Crippen molar-refractivity contribution in [3.63, 3.8) is 0 Å². The van der Waals surface area contributed by atoms with Gasteiger partial charge in [-0.2, -0.15) is 5.10 Å². The lowest BCUT2D eigenvalue weighted by Crippen LogP contribution is -2.49. The Morgan fingerprint density at radius 2 is 1.78 bits per heavy atom. The number of nitrogens with two attached hydrogens (primary N) is 1. The zero-order valence-electron chi connectivity index (χ0n) is 20.7. The first-order chi connectivity index (χ1) is 17.9. The van der Waals surface area contributed by atoms with E-state index in [-0.39, 0.29) is 36.1 Å². The molecule has 1 aliphatic heterocycles. The summed E-state index contributed by atoms with van der Waals surface area (Å²) in [7, 11) is 3.00. The Morgan fingerprint density at radius 1 is 1.05 bits per heavy atom. The van der Waals surface area contributed by atoms with Gasteiger partial charge in [0.1, 0.15) is 12.6 Å². The van der Waals surface area contributed by atoms with Crippen molar-refractivity contribution in [2.24, 2.45) is 11.7 Å². The quantitative estimate of drug-likeness (QED) is 0.483. The summed E-state index contributed by atoms with van der Waals surface area (Å²) in [6.07, 6.45) is 2.48. The van der Waals surface area contributed by atoms with Crippen molar-refractivity contribution in [1.29, 1.82) is 0 Å². The van der Waals surface area contributed by atoms with Crippen molar-refractivity contribution in [3.05, 3.63) is 53.7 Å². The molecule has 5 atom stereocenters. The van der Waals surface area contributed by atoms with Crippen molar-refractivity contribution in [2.75, 3.05) is 14.2 Å². The van der Waals surface area contributed by atoms with E-state index in [1.54, 1.807) is 17.0 Å². The van der Waals surface area contributed by atoms with Crippen LogP contribution in [0.5, 0.6) is 11.5 Å². The summed E-state index contributed by atoms with van der Waals surface area (Å²) in [5.74, 6) is 0.520. The van der Waals surface area contributed by atoms with Gasteiger partial charge in [0.05, 0.1) is 19.7 Å². The number of hydrogen-bond acceptors (Lipinski definition) is 6. The molecule has 1 aromatic heterocycles. The number of methoxy groups -OCH3 is 2. The molecule has 2 saturated carbocycles. The molecule has 10 heteroatoms. The van der Waals surface area contributed by atoms with E-state index in [9.17, 15) is 14.4 Å². The molecule has 2 aliphatic carbocycles. The maximum atomic E-state index is 13.6. The minimum absolute atomic E-state index is 0.0458. The summed E-state index contributed by atoms with van der Waals surface area (Å²) in [5.41, 5.74) is 7.36. The van der Waals surface area contributed by atoms with Gasteiger partial charge in [-0.3, -0.25) is 19.1 Å². The smallest absolute Gasteiger partial charge is 0.269 e. The van der Waals surface area contributed by atoms with Crippen LogP contribution in [0.2, 0.25) is 0 Å². The number of aromatic nitrogens is 2. The molecular formula is C27H29N5O5. The summed E-state index contributed by atoms with van der Waals surface area (Å²) >= 11 is 0. The fourth-order valence-electron chi connectivity index (χ4n) is 5.76. The number of carbonyl (C=O) groups excluding carboxylic acids is 3. The molecule has 37 heavy (non-hydrogen) atoms. The van der Waals surface area contributed by atoms with E-state index in [1.165, 1.54) is 24.5 Å². The lowest BCUT2D eigenvalue weighted by Gasteiger charge is -2.27. The molecule has 6 rings (SSSR count). The van der Waals surface area contributed by atoms with Gasteiger partial charge in [-0.05, 0) is 36.8 Å². The molecule has 10 nitrogen and oxygen atoms in total. The summed E-state index contributed by atoms with van der Waals surface area (Å²) < 4.78 is 12.2. The molecule has 3 amide bonds. The van der Waals surface area contributed by atoms with E-state index >= 15 is 0 Å². The van der Waals surface area contributed by atoms with Crippen LogP contribution in [0, 0.1) is 5.92 Å². The number of nitrogens with one attached hydrogen (secondary N) is 1. The Labute approximate surface area is 213 Å². The standard InChI is InChI=1S/C27H29N5O5/c1-36-22-11-17-20(12-23(22)37-2)31(30-25(17)26(28)34)13-24(33)32-19-8-15(19)9-21(32)27(35)29-18-10-16(18)14-6-4-3-5-7-14/h3-7,11-12,15-16,18-19,21H,8-10,13H2,1-2H3,(H2,28,34)(H,29,35)/t15-,16-,18+,19-,21+/m1/s1. The van der Waals surface area contributed by atoms with Gasteiger partial charge in [0.2, 0.25) is 11.8 Å². The number of rotatable bonds is 8. The monoisotopic (exact) mass is 503 g/mol. The maximum Gasteiger partial charge on any atom is 0.269 e. The number of nitrogens with zero attached hydrogens (tertiary/aromatic N) is 3. The second-order valence-corrected chi connectivity index (χ2v) is 10.1. The highest BCUT2D eigenvalue weighted by Gasteiger charge is 2.56. The SMILES string of the molecule is COc1cc2c(C(N)=O)nn(CC(=O)N3[C@@H]4C[C@@H]4C[C@H]3C(=O)N[C@H]3C[C@@H]3c3ccccc3)c2cc1OC. The van der Waals surface area contributed by atoms with Crippen LogP contribution in [-0.4, -0.2) is 64.7 Å². The Kier molecular flexibility index (Phi) is 5.54. The van der Waals surface area contributed by atoms with Gasteiger partial charge in [-0.15, -0.1) is 0 Å². The molecule has 0 bridgehead atoms. The van der Waals surface area contributed by atoms with Crippen LogP contribution in [0.3, 0.4) is 0 Å². The van der Waals surface area contributed by atoms with Gasteiger partial charge in [0.15, 0.2) is 17.2 Å². The molecule has 1 saturated heterocycles. The molecule has 2 heterocycles. The number of piperidine rings is 1. The topological polar surface area (TPSA) is 129 Å². The molecule has 3 N–H and O–H groups in total. The first-order valence-electron chi connectivity index (χ1n) is 12.5. The van der Waals surface area contributed by atoms with Gasteiger partial charge in [0, 0.05) is 29.5 Å². The molecule has 2 aromatic carbocycles. The van der Waals surface area contributed by atoms with E-state index in [4.69, 9.17) is 15.2 Å². The van der Waals surface area contributed by atoms with Gasteiger partial charge in [-0.1, -0.05) is 30.3 Å². The molecule has 0 spiro atoms. The van der Waals surface area contributed by atoms with Crippen LogP contribution >= 0.6 is 0 Å². The van der Waals surface area contributed by atoms with Crippen molar-refractivity contribution in [2.45, 2.75) is 49.9 Å². The van der Waals surface area contributed by atoms with E-state index in [0.29, 0.717) is 40.7 Å². The second kappa shape index (κ2) is 8.79. The summed E-state index contributed by atoms with van der Waals surface area (Å²) in [6.45, 7) is -0.123. The lowest BCUT2D eigenvalue weighted by molar-refractivity contribution is -0.140. The van der Waals surface area contributed by atoms with E-state index < -0.39 is 11.9 Å². The summed E-state index contributed by atoms with van der Waals surface area (Å²) in [5, 5.41) is 7.98. The molecular weight excluding hydrogens is 474 g/mol. The van der Waals surface area contributed by atoms with Crippen molar-refractivity contribution in [3.8, 4) is 11.5 Å². The first-order valence-corrected chi connectivity index (χ1v) is 12.5. The fraction of sp³-hybridized carbons (Fsp3) is 0.407. The van der Waals surface area contributed by atoms with E-state index in [1.807, 2.05) is 18.2 Å². The van der Waals surface area contributed by atoms with E-state index in [0.717, 1.165) is 12.8 Å². The number of primary amides is 1. The Bertz CT molecular complexity index is 1400. The highest BCUT2D eigenvalue weighted by Crippen LogP contribution is 2.48. The molecule has 3 aliphatic rings. The highest BCUT2D eigenvalue weighted by molar-refractivity contribution is 6.05. The third kappa shape index (κ3) is 4.06. The Hall–Kier alpha value is -4.08. The van der Waals surface area contributed by atoms with Crippen LogP contribution in [0.1, 0.15) is 41.2 Å². The number of likely N-dealkylation sites (tertiary alicyclic amines) is 1. The number of hydrogen-bond donors (Lipinski definition) is 2. The van der Waals surface area contributed by atoms with Gasteiger partial charge >= 0.3 is 0 Å². The zero-order chi connectivity index (χ0) is 25.8. The van der Waals surface area contributed by atoms with Crippen molar-refractivity contribution in [1.82, 2.24) is 20.0 Å². The molecule has 192 valence electrons. The number of amides is 3. The number of benzene rings is 2. The van der Waals surface area contributed by atoms with Gasteiger partial charge in [-0.25, -0.2) is 0 Å². The average Bonchev–Trinajstić information content (AvgIpc) is 3.78. The second-order valence-electron chi connectivity index (χ2n) is 10.1. The predicted octanol–water partition coefficient (Wildman–Crippen LogP) is 1.81. The minimum atomic E-state index is -0.707.